The first-order valence-electron chi connectivity index (χ1n) is 7.19. The minimum atomic E-state index is -0.302. The number of ether oxygens (including phenoxy) is 1. The summed E-state index contributed by atoms with van der Waals surface area (Å²) in [4.78, 5) is 11.8. The van der Waals surface area contributed by atoms with E-state index in [0.717, 1.165) is 5.56 Å². The molecule has 0 saturated carbocycles. The average molecular weight is 305 g/mol. The van der Waals surface area contributed by atoms with Gasteiger partial charge in [0, 0.05) is 19.7 Å². The summed E-state index contributed by atoms with van der Waals surface area (Å²) in [6.07, 6.45) is 4.54. The SMILES string of the molecule is C[C@H](CNC(=O)CCc1cnn(C)c1)Oc1ccc(F)cc1. The van der Waals surface area contributed by atoms with Crippen LogP contribution < -0.4 is 10.1 Å². The summed E-state index contributed by atoms with van der Waals surface area (Å²) >= 11 is 0. The number of aromatic nitrogens is 2. The highest BCUT2D eigenvalue weighted by molar-refractivity contribution is 5.76. The van der Waals surface area contributed by atoms with Crippen LogP contribution in [0.25, 0.3) is 0 Å². The zero-order chi connectivity index (χ0) is 15.9. The Bertz CT molecular complexity index is 610. The molecule has 1 heterocycles. The van der Waals surface area contributed by atoms with Gasteiger partial charge in [-0.05, 0) is 43.2 Å². The number of amides is 1. The maximum atomic E-state index is 12.8. The molecule has 0 fully saturated rings. The van der Waals surface area contributed by atoms with Crippen molar-refractivity contribution < 1.29 is 13.9 Å². The van der Waals surface area contributed by atoms with E-state index in [9.17, 15) is 9.18 Å². The highest BCUT2D eigenvalue weighted by Gasteiger charge is 2.08. The smallest absolute Gasteiger partial charge is 0.220 e. The number of hydrogen-bond acceptors (Lipinski definition) is 3. The van der Waals surface area contributed by atoms with Gasteiger partial charge in [-0.25, -0.2) is 4.39 Å². The van der Waals surface area contributed by atoms with Crippen LogP contribution >= 0.6 is 0 Å². The van der Waals surface area contributed by atoms with Gasteiger partial charge in [-0.2, -0.15) is 5.10 Å². The number of carbonyl (C=O) groups excluding carboxylic acids is 1. The van der Waals surface area contributed by atoms with E-state index >= 15 is 0 Å². The van der Waals surface area contributed by atoms with Crippen molar-refractivity contribution in [1.29, 1.82) is 0 Å². The molecule has 1 aromatic carbocycles. The van der Waals surface area contributed by atoms with Gasteiger partial charge in [-0.3, -0.25) is 9.48 Å². The monoisotopic (exact) mass is 305 g/mol. The number of carbonyl (C=O) groups is 1. The zero-order valence-electron chi connectivity index (χ0n) is 12.8. The van der Waals surface area contributed by atoms with Crippen molar-refractivity contribution in [2.24, 2.45) is 7.05 Å². The molecule has 1 atom stereocenters. The Labute approximate surface area is 129 Å². The van der Waals surface area contributed by atoms with Crippen molar-refractivity contribution in [3.05, 3.63) is 48.0 Å². The van der Waals surface area contributed by atoms with Crippen LogP contribution in [0.5, 0.6) is 5.75 Å². The normalized spacial score (nSPS) is 12.0. The number of halogens is 1. The molecule has 6 heteroatoms. The van der Waals surface area contributed by atoms with E-state index in [-0.39, 0.29) is 17.8 Å². The molecule has 0 saturated heterocycles. The second-order valence-electron chi connectivity index (χ2n) is 5.21. The Morgan fingerprint density at radius 1 is 1.41 bits per heavy atom. The van der Waals surface area contributed by atoms with Crippen molar-refractivity contribution in [2.45, 2.75) is 25.9 Å². The van der Waals surface area contributed by atoms with Crippen LogP contribution in [-0.2, 0) is 18.3 Å². The van der Waals surface area contributed by atoms with Gasteiger partial charge < -0.3 is 10.1 Å². The van der Waals surface area contributed by atoms with E-state index in [1.165, 1.54) is 12.1 Å². The maximum absolute atomic E-state index is 12.8. The lowest BCUT2D eigenvalue weighted by Gasteiger charge is -2.15. The minimum absolute atomic E-state index is 0.0293. The largest absolute Gasteiger partial charge is 0.489 e. The van der Waals surface area contributed by atoms with E-state index in [1.54, 1.807) is 23.0 Å². The van der Waals surface area contributed by atoms with Gasteiger partial charge in [-0.15, -0.1) is 0 Å². The number of rotatable bonds is 7. The van der Waals surface area contributed by atoms with Crippen LogP contribution in [-0.4, -0.2) is 28.3 Å². The Kier molecular flexibility index (Phi) is 5.52. The maximum Gasteiger partial charge on any atom is 0.220 e. The van der Waals surface area contributed by atoms with Crippen molar-refractivity contribution in [3.8, 4) is 5.75 Å². The molecule has 0 unspecified atom stereocenters. The molecule has 0 spiro atoms. The van der Waals surface area contributed by atoms with Gasteiger partial charge in [0.25, 0.3) is 0 Å². The van der Waals surface area contributed by atoms with Crippen LogP contribution in [0.1, 0.15) is 18.9 Å². The van der Waals surface area contributed by atoms with Crippen LogP contribution in [0.4, 0.5) is 4.39 Å². The van der Waals surface area contributed by atoms with Crippen molar-refractivity contribution in [2.75, 3.05) is 6.54 Å². The van der Waals surface area contributed by atoms with Crippen LogP contribution in [0.3, 0.4) is 0 Å². The van der Waals surface area contributed by atoms with Crippen LogP contribution in [0.15, 0.2) is 36.7 Å². The lowest BCUT2D eigenvalue weighted by atomic mass is 10.2. The van der Waals surface area contributed by atoms with Crippen LogP contribution in [0.2, 0.25) is 0 Å². The number of nitrogens with zero attached hydrogens (tertiary/aromatic N) is 2. The molecule has 0 aliphatic carbocycles. The molecule has 2 rings (SSSR count). The van der Waals surface area contributed by atoms with Gasteiger partial charge in [0.1, 0.15) is 17.7 Å². The molecule has 5 nitrogen and oxygen atoms in total. The molecule has 118 valence electrons. The quantitative estimate of drug-likeness (QED) is 0.852. The van der Waals surface area contributed by atoms with E-state index in [4.69, 9.17) is 4.74 Å². The van der Waals surface area contributed by atoms with Gasteiger partial charge in [0.15, 0.2) is 0 Å². The molecule has 0 bridgehead atoms. The topological polar surface area (TPSA) is 56.2 Å². The minimum Gasteiger partial charge on any atom is -0.489 e. The van der Waals surface area contributed by atoms with Gasteiger partial charge in [0.05, 0.1) is 12.7 Å². The molecule has 0 aliphatic heterocycles. The second-order valence-corrected chi connectivity index (χ2v) is 5.21. The summed E-state index contributed by atoms with van der Waals surface area (Å²) in [5, 5.41) is 6.89. The van der Waals surface area contributed by atoms with E-state index in [1.807, 2.05) is 20.2 Å². The Hall–Kier alpha value is -2.37. The summed E-state index contributed by atoms with van der Waals surface area (Å²) < 4.78 is 20.1. The molecular formula is C16H20FN3O2. The first-order chi connectivity index (χ1) is 10.5. The predicted octanol–water partition coefficient (Wildman–Crippen LogP) is 2.08. The third-order valence-electron chi connectivity index (χ3n) is 3.14. The first-order valence-corrected chi connectivity index (χ1v) is 7.19. The zero-order valence-corrected chi connectivity index (χ0v) is 12.8. The molecule has 1 amide bonds. The number of nitrogens with one attached hydrogen (secondary N) is 1. The van der Waals surface area contributed by atoms with Crippen molar-refractivity contribution in [1.82, 2.24) is 15.1 Å². The first kappa shape index (κ1) is 16.0. The predicted molar refractivity (Wildman–Crippen MR) is 81.0 cm³/mol. The summed E-state index contributed by atoms with van der Waals surface area (Å²) in [6, 6.07) is 5.81. The summed E-state index contributed by atoms with van der Waals surface area (Å²) in [5.74, 6) is 0.251. The van der Waals surface area contributed by atoms with E-state index < -0.39 is 0 Å². The number of aryl methyl sites for hydroxylation is 2. The number of hydrogen-bond donors (Lipinski definition) is 1. The van der Waals surface area contributed by atoms with Gasteiger partial charge >= 0.3 is 0 Å². The fraction of sp³-hybridized carbons (Fsp3) is 0.375. The molecule has 0 radical (unpaired) electrons. The molecule has 0 aliphatic rings. The standard InChI is InChI=1S/C16H20FN3O2/c1-12(22-15-6-4-14(17)5-7-15)9-18-16(21)8-3-13-10-19-20(2)11-13/h4-7,10-12H,3,8-9H2,1-2H3,(H,18,21)/t12-/m1/s1. The molecule has 22 heavy (non-hydrogen) atoms. The third kappa shape index (κ3) is 5.20. The Balaban J connectivity index is 1.68. The van der Waals surface area contributed by atoms with Gasteiger partial charge in [-0.1, -0.05) is 0 Å². The highest BCUT2D eigenvalue weighted by Crippen LogP contribution is 2.12. The lowest BCUT2D eigenvalue weighted by Crippen LogP contribution is -2.33. The molecule has 2 aromatic rings. The van der Waals surface area contributed by atoms with Crippen molar-refractivity contribution >= 4 is 5.91 Å². The highest BCUT2D eigenvalue weighted by atomic mass is 19.1. The molecule has 1 aromatic heterocycles. The molecular weight excluding hydrogens is 285 g/mol. The summed E-state index contributed by atoms with van der Waals surface area (Å²) in [5.41, 5.74) is 1.04. The fourth-order valence-corrected chi connectivity index (χ4v) is 1.99. The average Bonchev–Trinajstić information content (AvgIpc) is 2.91. The van der Waals surface area contributed by atoms with E-state index in [0.29, 0.717) is 25.1 Å². The Morgan fingerprint density at radius 3 is 2.77 bits per heavy atom. The fourth-order valence-electron chi connectivity index (χ4n) is 1.99. The van der Waals surface area contributed by atoms with Gasteiger partial charge in [0.2, 0.25) is 5.91 Å². The second kappa shape index (κ2) is 7.59. The van der Waals surface area contributed by atoms with Crippen LogP contribution in [0, 0.1) is 5.82 Å². The third-order valence-corrected chi connectivity index (χ3v) is 3.14. The van der Waals surface area contributed by atoms with E-state index in [2.05, 4.69) is 10.4 Å². The summed E-state index contributed by atoms with van der Waals surface area (Å²) in [6.45, 7) is 2.26. The summed E-state index contributed by atoms with van der Waals surface area (Å²) in [7, 11) is 1.85. The molecule has 1 N–H and O–H groups in total. The number of benzene rings is 1. The Morgan fingerprint density at radius 2 is 2.14 bits per heavy atom. The van der Waals surface area contributed by atoms with Crippen molar-refractivity contribution in [3.63, 3.8) is 0 Å². The lowest BCUT2D eigenvalue weighted by molar-refractivity contribution is -0.121.